The van der Waals surface area contributed by atoms with Crippen molar-refractivity contribution < 1.29 is 19.1 Å². The number of benzene rings is 1. The fourth-order valence-electron chi connectivity index (χ4n) is 2.42. The summed E-state index contributed by atoms with van der Waals surface area (Å²) in [4.78, 5) is 27.7. The van der Waals surface area contributed by atoms with E-state index in [1.807, 2.05) is 0 Å². The molecule has 24 heavy (non-hydrogen) atoms. The number of carboxylic acids is 1. The lowest BCUT2D eigenvalue weighted by molar-refractivity contribution is -0.147. The van der Waals surface area contributed by atoms with Crippen molar-refractivity contribution in [2.24, 2.45) is 5.41 Å². The fourth-order valence-corrected chi connectivity index (χ4v) is 3.66. The van der Waals surface area contributed by atoms with E-state index >= 15 is 0 Å². The van der Waals surface area contributed by atoms with E-state index in [9.17, 15) is 14.0 Å². The number of halogens is 2. The number of nitrogens with one attached hydrogen (secondary N) is 1. The standard InChI is InChI=1S/C16H14ClFN2O3S/c1-8-13(20-14(21)16(2-3-16)15(22)23)24-12(19-8)6-9-4-10(17)7-11(18)5-9/h4-5,7H,2-3,6H2,1H3,(H,20,21)(H,22,23). The summed E-state index contributed by atoms with van der Waals surface area (Å²) in [6, 6.07) is 4.26. The molecule has 1 fully saturated rings. The number of carboxylic acid groups (broad SMARTS) is 1. The average Bonchev–Trinajstić information content (AvgIpc) is 3.20. The molecule has 0 spiro atoms. The van der Waals surface area contributed by atoms with Crippen LogP contribution < -0.4 is 5.32 Å². The number of rotatable bonds is 5. The molecule has 126 valence electrons. The summed E-state index contributed by atoms with van der Waals surface area (Å²) in [6.45, 7) is 1.73. The minimum absolute atomic E-state index is 0.309. The van der Waals surface area contributed by atoms with Gasteiger partial charge < -0.3 is 10.4 Å². The van der Waals surface area contributed by atoms with Gasteiger partial charge in [-0.15, -0.1) is 11.3 Å². The molecule has 5 nitrogen and oxygen atoms in total. The monoisotopic (exact) mass is 368 g/mol. The summed E-state index contributed by atoms with van der Waals surface area (Å²) in [7, 11) is 0. The second-order valence-electron chi connectivity index (χ2n) is 5.82. The van der Waals surface area contributed by atoms with Crippen molar-refractivity contribution in [2.45, 2.75) is 26.2 Å². The molecule has 0 saturated heterocycles. The Balaban J connectivity index is 1.76. The first-order valence-electron chi connectivity index (χ1n) is 7.26. The molecule has 0 unspecified atom stereocenters. The number of thiazole rings is 1. The number of carbonyl (C=O) groups is 2. The molecule has 2 N–H and O–H groups in total. The first kappa shape index (κ1) is 16.9. The second-order valence-corrected chi connectivity index (χ2v) is 7.34. The van der Waals surface area contributed by atoms with Crippen LogP contribution in [0.4, 0.5) is 9.39 Å². The van der Waals surface area contributed by atoms with Gasteiger partial charge in [-0.2, -0.15) is 0 Å². The summed E-state index contributed by atoms with van der Waals surface area (Å²) < 4.78 is 13.4. The van der Waals surface area contributed by atoms with Gasteiger partial charge in [-0.1, -0.05) is 11.6 Å². The average molecular weight is 369 g/mol. The third-order valence-corrected chi connectivity index (χ3v) is 5.23. The van der Waals surface area contributed by atoms with E-state index in [0.717, 1.165) is 0 Å². The van der Waals surface area contributed by atoms with Gasteiger partial charge in [0.15, 0.2) is 0 Å². The molecule has 0 atom stereocenters. The molecule has 1 heterocycles. The molecular formula is C16H14ClFN2O3S. The smallest absolute Gasteiger partial charge is 0.319 e. The molecule has 1 aliphatic carbocycles. The first-order chi connectivity index (χ1) is 11.3. The number of carbonyl (C=O) groups excluding carboxylic acids is 1. The van der Waals surface area contributed by atoms with Crippen LogP contribution in [0.25, 0.3) is 0 Å². The highest BCUT2D eigenvalue weighted by Crippen LogP contribution is 2.47. The van der Waals surface area contributed by atoms with Crippen LogP contribution in [-0.4, -0.2) is 22.0 Å². The Bertz CT molecular complexity index is 812. The number of aliphatic carboxylic acids is 1. The van der Waals surface area contributed by atoms with Crippen molar-refractivity contribution in [1.29, 1.82) is 0 Å². The van der Waals surface area contributed by atoms with Crippen LogP contribution in [-0.2, 0) is 16.0 Å². The first-order valence-corrected chi connectivity index (χ1v) is 8.46. The van der Waals surface area contributed by atoms with Gasteiger partial charge in [0.2, 0.25) is 5.91 Å². The van der Waals surface area contributed by atoms with E-state index < -0.39 is 23.1 Å². The van der Waals surface area contributed by atoms with Crippen LogP contribution in [0, 0.1) is 18.2 Å². The third-order valence-electron chi connectivity index (χ3n) is 3.94. The molecule has 0 radical (unpaired) electrons. The minimum atomic E-state index is -1.30. The third kappa shape index (κ3) is 3.27. The predicted molar refractivity (Wildman–Crippen MR) is 89.0 cm³/mol. The van der Waals surface area contributed by atoms with Crippen LogP contribution in [0.2, 0.25) is 5.02 Å². The summed E-state index contributed by atoms with van der Waals surface area (Å²) >= 11 is 7.09. The van der Waals surface area contributed by atoms with Gasteiger partial charge in [0.1, 0.15) is 16.2 Å². The van der Waals surface area contributed by atoms with Crippen LogP contribution in [0.15, 0.2) is 18.2 Å². The largest absolute Gasteiger partial charge is 0.480 e. The van der Waals surface area contributed by atoms with Gasteiger partial charge >= 0.3 is 5.97 Å². The van der Waals surface area contributed by atoms with E-state index in [2.05, 4.69) is 10.3 Å². The van der Waals surface area contributed by atoms with Gasteiger partial charge in [0.05, 0.1) is 10.7 Å². The van der Waals surface area contributed by atoms with Crippen LogP contribution in [0.3, 0.4) is 0 Å². The van der Waals surface area contributed by atoms with E-state index in [0.29, 0.717) is 45.6 Å². The molecule has 1 aromatic heterocycles. The normalized spacial score (nSPS) is 15.1. The Morgan fingerprint density at radius 2 is 2.12 bits per heavy atom. The summed E-state index contributed by atoms with van der Waals surface area (Å²) in [5.74, 6) is -2.03. The number of nitrogens with zero attached hydrogens (tertiary/aromatic N) is 1. The zero-order valence-corrected chi connectivity index (χ0v) is 14.3. The van der Waals surface area contributed by atoms with Crippen LogP contribution in [0.5, 0.6) is 0 Å². The van der Waals surface area contributed by atoms with Crippen molar-refractivity contribution in [3.8, 4) is 0 Å². The highest BCUT2D eigenvalue weighted by Gasteiger charge is 2.57. The van der Waals surface area contributed by atoms with Crippen molar-refractivity contribution in [2.75, 3.05) is 5.32 Å². The lowest BCUT2D eigenvalue weighted by atomic mass is 10.1. The topological polar surface area (TPSA) is 79.3 Å². The van der Waals surface area contributed by atoms with Gasteiger partial charge in [0, 0.05) is 11.4 Å². The highest BCUT2D eigenvalue weighted by molar-refractivity contribution is 7.16. The van der Waals surface area contributed by atoms with Gasteiger partial charge in [0.25, 0.3) is 0 Å². The van der Waals surface area contributed by atoms with Crippen molar-refractivity contribution in [1.82, 2.24) is 4.98 Å². The molecule has 0 bridgehead atoms. The van der Waals surface area contributed by atoms with Crippen molar-refractivity contribution >= 4 is 39.8 Å². The van der Waals surface area contributed by atoms with Gasteiger partial charge in [-0.3, -0.25) is 9.59 Å². The molecule has 8 heteroatoms. The van der Waals surface area contributed by atoms with E-state index in [1.54, 1.807) is 13.0 Å². The fraction of sp³-hybridized carbons (Fsp3) is 0.312. The van der Waals surface area contributed by atoms with Crippen molar-refractivity contribution in [3.05, 3.63) is 45.3 Å². The van der Waals surface area contributed by atoms with Crippen LogP contribution >= 0.6 is 22.9 Å². The number of hydrogen-bond acceptors (Lipinski definition) is 4. The molecule has 3 rings (SSSR count). The van der Waals surface area contributed by atoms with Gasteiger partial charge in [-0.25, -0.2) is 9.37 Å². The SMILES string of the molecule is Cc1nc(Cc2cc(F)cc(Cl)c2)sc1NC(=O)C1(C(=O)O)CC1. The summed E-state index contributed by atoms with van der Waals surface area (Å²) in [5, 5.41) is 13.3. The van der Waals surface area contributed by atoms with Crippen LogP contribution in [0.1, 0.15) is 29.1 Å². The zero-order valence-electron chi connectivity index (χ0n) is 12.7. The maximum absolute atomic E-state index is 13.4. The Hall–Kier alpha value is -1.99. The maximum atomic E-state index is 13.4. The Kier molecular flexibility index (Phi) is 4.31. The van der Waals surface area contributed by atoms with Crippen molar-refractivity contribution in [3.63, 3.8) is 0 Å². The Morgan fingerprint density at radius 3 is 2.71 bits per heavy atom. The molecule has 1 aliphatic rings. The molecule has 0 aliphatic heterocycles. The molecule has 1 amide bonds. The number of aryl methyl sites for hydroxylation is 1. The van der Waals surface area contributed by atoms with E-state index in [-0.39, 0.29) is 0 Å². The predicted octanol–water partition coefficient (Wildman–Crippen LogP) is 3.64. The van der Waals surface area contributed by atoms with Gasteiger partial charge in [-0.05, 0) is 43.5 Å². The Morgan fingerprint density at radius 1 is 1.42 bits per heavy atom. The molecular weight excluding hydrogens is 355 g/mol. The number of hydrogen-bond donors (Lipinski definition) is 2. The lowest BCUT2D eigenvalue weighted by Crippen LogP contribution is -2.31. The molecule has 1 aromatic carbocycles. The summed E-state index contributed by atoms with van der Waals surface area (Å²) in [5.41, 5.74) is -0.0185. The molecule has 2 aromatic rings. The quantitative estimate of drug-likeness (QED) is 0.790. The van der Waals surface area contributed by atoms with E-state index in [4.69, 9.17) is 16.7 Å². The molecule has 1 saturated carbocycles. The number of amides is 1. The summed E-state index contributed by atoms with van der Waals surface area (Å²) in [6.07, 6.45) is 1.07. The minimum Gasteiger partial charge on any atom is -0.480 e. The number of aromatic nitrogens is 1. The Labute approximate surface area is 146 Å². The maximum Gasteiger partial charge on any atom is 0.319 e. The highest BCUT2D eigenvalue weighted by atomic mass is 35.5. The second kappa shape index (κ2) is 6.14. The zero-order chi connectivity index (χ0) is 17.5. The number of anilines is 1. The lowest BCUT2D eigenvalue weighted by Gasteiger charge is -2.09. The van der Waals surface area contributed by atoms with E-state index in [1.165, 1.54) is 23.5 Å².